The van der Waals surface area contributed by atoms with Gasteiger partial charge in [0.15, 0.2) is 0 Å². The van der Waals surface area contributed by atoms with Gasteiger partial charge in [-0.3, -0.25) is 4.90 Å². The first-order valence-electron chi connectivity index (χ1n) is 10.3. The molecule has 0 saturated carbocycles. The molecule has 1 aromatic rings. The Hall–Kier alpha value is -1.88. The third-order valence-electron chi connectivity index (χ3n) is 5.79. The van der Waals surface area contributed by atoms with Gasteiger partial charge in [-0.1, -0.05) is 0 Å². The summed E-state index contributed by atoms with van der Waals surface area (Å²) in [5, 5.41) is 5.70. The van der Waals surface area contributed by atoms with E-state index in [-0.39, 0.29) is 10.9 Å². The van der Waals surface area contributed by atoms with E-state index in [4.69, 9.17) is 9.47 Å². The van der Waals surface area contributed by atoms with E-state index in [0.29, 0.717) is 23.9 Å². The molecule has 0 aliphatic carbocycles. The lowest BCUT2D eigenvalue weighted by atomic mass is 9.97. The molecule has 0 bridgehead atoms. The topological polar surface area (TPSA) is 100 Å². The summed E-state index contributed by atoms with van der Waals surface area (Å²) in [6.45, 7) is 4.09. The monoisotopic (exact) mass is 440 g/mol. The fraction of sp³-hybridized carbons (Fsp3) is 0.650. The second kappa shape index (κ2) is 9.95. The highest BCUT2D eigenvalue weighted by Gasteiger charge is 2.32. The zero-order chi connectivity index (χ0) is 21.7. The fourth-order valence-corrected chi connectivity index (χ4v) is 4.97. The molecule has 2 atom stereocenters. The van der Waals surface area contributed by atoms with Crippen molar-refractivity contribution in [2.24, 2.45) is 5.92 Å². The van der Waals surface area contributed by atoms with Crippen molar-refractivity contribution in [3.8, 4) is 5.75 Å². The molecule has 2 aliphatic heterocycles. The average Bonchev–Trinajstić information content (AvgIpc) is 3.42. The molecule has 0 aromatic heterocycles. The van der Waals surface area contributed by atoms with E-state index in [1.54, 1.807) is 0 Å². The molecule has 0 unspecified atom stereocenters. The summed E-state index contributed by atoms with van der Waals surface area (Å²) in [5.41, 5.74) is 0.305. The van der Waals surface area contributed by atoms with Gasteiger partial charge in [-0.05, 0) is 50.6 Å². The van der Waals surface area contributed by atoms with Gasteiger partial charge < -0.3 is 20.1 Å². The maximum atomic E-state index is 12.6. The minimum atomic E-state index is -3.62. The number of carbonyl (C=O) groups is 1. The molecule has 2 heterocycles. The van der Waals surface area contributed by atoms with Crippen LogP contribution in [0.15, 0.2) is 23.1 Å². The van der Waals surface area contributed by atoms with Crippen molar-refractivity contribution < 1.29 is 22.7 Å². The Morgan fingerprint density at radius 1 is 1.33 bits per heavy atom. The minimum Gasteiger partial charge on any atom is -0.495 e. The van der Waals surface area contributed by atoms with Crippen LogP contribution in [0.1, 0.15) is 19.3 Å². The third-order valence-corrected chi connectivity index (χ3v) is 7.60. The van der Waals surface area contributed by atoms with Crippen molar-refractivity contribution in [1.29, 1.82) is 0 Å². The van der Waals surface area contributed by atoms with Crippen molar-refractivity contribution in [3.63, 3.8) is 0 Å². The van der Waals surface area contributed by atoms with Gasteiger partial charge in [-0.25, -0.2) is 17.5 Å². The summed E-state index contributed by atoms with van der Waals surface area (Å²) in [6.07, 6.45) is 3.37. The number of benzene rings is 1. The van der Waals surface area contributed by atoms with Gasteiger partial charge in [0.1, 0.15) is 5.75 Å². The lowest BCUT2D eigenvalue weighted by Gasteiger charge is -2.32. The van der Waals surface area contributed by atoms with Gasteiger partial charge in [0.05, 0.1) is 24.3 Å². The van der Waals surface area contributed by atoms with Crippen LogP contribution >= 0.6 is 0 Å². The molecule has 2 saturated heterocycles. The number of amides is 2. The molecule has 1 aromatic carbocycles. The summed E-state index contributed by atoms with van der Waals surface area (Å²) in [4.78, 5) is 15.1. The van der Waals surface area contributed by atoms with Crippen LogP contribution in [-0.4, -0.2) is 83.7 Å². The molecule has 3 rings (SSSR count). The van der Waals surface area contributed by atoms with Gasteiger partial charge in [-0.2, -0.15) is 0 Å². The molecule has 0 radical (unpaired) electrons. The van der Waals surface area contributed by atoms with Crippen LogP contribution in [0.4, 0.5) is 10.5 Å². The largest absolute Gasteiger partial charge is 0.495 e. The summed E-state index contributed by atoms with van der Waals surface area (Å²) in [5.74, 6) is 0.801. The number of ether oxygens (including phenoxy) is 2. The first kappa shape index (κ1) is 22.8. The fourth-order valence-electron chi connectivity index (χ4n) is 4.04. The summed E-state index contributed by atoms with van der Waals surface area (Å²) < 4.78 is 36.8. The number of rotatable bonds is 8. The first-order valence-corrected chi connectivity index (χ1v) is 11.7. The predicted octanol–water partition coefficient (Wildman–Crippen LogP) is 1.57. The highest BCUT2D eigenvalue weighted by atomic mass is 32.2. The van der Waals surface area contributed by atoms with Gasteiger partial charge >= 0.3 is 6.03 Å². The molecule has 2 fully saturated rings. The standard InChI is InChI=1S/C20H32N4O5S/c1-23(2)30(26,27)16-6-7-19(28-3)17(12-16)22-20(25)21-13-18(15-8-11-29-14-15)24-9-4-5-10-24/h6-7,12,15,18H,4-5,8-11,13-14H2,1-3H3,(H2,21,22,25)/t15-,18-/m1/s1. The zero-order valence-corrected chi connectivity index (χ0v) is 18.7. The van der Waals surface area contributed by atoms with Crippen molar-refractivity contribution >= 4 is 21.7 Å². The molecular weight excluding hydrogens is 408 g/mol. The Kier molecular flexibility index (Phi) is 7.56. The predicted molar refractivity (Wildman–Crippen MR) is 114 cm³/mol. The molecule has 168 valence electrons. The van der Waals surface area contributed by atoms with Crippen LogP contribution in [0.5, 0.6) is 5.75 Å². The summed E-state index contributed by atoms with van der Waals surface area (Å²) in [7, 11) is 0.778. The Labute approximate surface area is 178 Å². The van der Waals surface area contributed by atoms with Crippen molar-refractivity contribution in [2.75, 3.05) is 59.4 Å². The van der Waals surface area contributed by atoms with Crippen molar-refractivity contribution in [3.05, 3.63) is 18.2 Å². The number of sulfonamides is 1. The zero-order valence-electron chi connectivity index (χ0n) is 17.9. The van der Waals surface area contributed by atoms with E-state index in [9.17, 15) is 13.2 Å². The maximum Gasteiger partial charge on any atom is 0.319 e. The van der Waals surface area contributed by atoms with Crippen LogP contribution in [0, 0.1) is 5.92 Å². The van der Waals surface area contributed by atoms with E-state index >= 15 is 0 Å². The Balaban J connectivity index is 1.68. The number of carbonyl (C=O) groups excluding carboxylic acids is 1. The quantitative estimate of drug-likeness (QED) is 0.637. The highest BCUT2D eigenvalue weighted by molar-refractivity contribution is 7.89. The molecule has 9 nitrogen and oxygen atoms in total. The number of likely N-dealkylation sites (tertiary alicyclic amines) is 1. The molecule has 30 heavy (non-hydrogen) atoms. The van der Waals surface area contributed by atoms with Crippen molar-refractivity contribution in [2.45, 2.75) is 30.2 Å². The van der Waals surface area contributed by atoms with E-state index < -0.39 is 16.1 Å². The second-order valence-corrected chi connectivity index (χ2v) is 10.1. The number of methoxy groups -OCH3 is 1. The number of hydrogen-bond acceptors (Lipinski definition) is 6. The lowest BCUT2D eigenvalue weighted by molar-refractivity contribution is 0.135. The summed E-state index contributed by atoms with van der Waals surface area (Å²) >= 11 is 0. The van der Waals surface area contributed by atoms with Gasteiger partial charge in [0, 0.05) is 39.2 Å². The number of nitrogens with zero attached hydrogens (tertiary/aromatic N) is 2. The van der Waals surface area contributed by atoms with Crippen LogP contribution in [0.2, 0.25) is 0 Å². The van der Waals surface area contributed by atoms with Gasteiger partial charge in [0.25, 0.3) is 0 Å². The van der Waals surface area contributed by atoms with E-state index in [0.717, 1.165) is 37.0 Å². The lowest BCUT2D eigenvalue weighted by Crippen LogP contribution is -2.48. The normalized spacial score (nSPS) is 21.0. The Morgan fingerprint density at radius 2 is 2.07 bits per heavy atom. The molecule has 0 spiro atoms. The molecule has 2 aliphatic rings. The average molecular weight is 441 g/mol. The summed E-state index contributed by atoms with van der Waals surface area (Å²) in [6, 6.07) is 4.26. The number of anilines is 1. The van der Waals surface area contributed by atoms with Crippen LogP contribution in [-0.2, 0) is 14.8 Å². The van der Waals surface area contributed by atoms with E-state index in [1.165, 1.54) is 52.2 Å². The molecule has 2 N–H and O–H groups in total. The SMILES string of the molecule is COc1ccc(S(=O)(=O)N(C)C)cc1NC(=O)NC[C@H]([C@@H]1CCOC1)N1CCCC1. The maximum absolute atomic E-state index is 12.6. The van der Waals surface area contributed by atoms with Gasteiger partial charge in [-0.15, -0.1) is 0 Å². The Bertz CT molecular complexity index is 818. The first-order chi connectivity index (χ1) is 14.3. The number of hydrogen-bond donors (Lipinski definition) is 2. The second-order valence-electron chi connectivity index (χ2n) is 7.92. The third kappa shape index (κ3) is 5.23. The van der Waals surface area contributed by atoms with Crippen LogP contribution < -0.4 is 15.4 Å². The number of nitrogens with one attached hydrogen (secondary N) is 2. The smallest absolute Gasteiger partial charge is 0.319 e. The number of urea groups is 1. The molecule has 2 amide bonds. The molecule has 10 heteroatoms. The van der Waals surface area contributed by atoms with E-state index in [1.807, 2.05) is 0 Å². The van der Waals surface area contributed by atoms with Gasteiger partial charge in [0.2, 0.25) is 10.0 Å². The van der Waals surface area contributed by atoms with Crippen LogP contribution in [0.25, 0.3) is 0 Å². The minimum absolute atomic E-state index is 0.0849. The Morgan fingerprint density at radius 3 is 2.67 bits per heavy atom. The highest BCUT2D eigenvalue weighted by Crippen LogP contribution is 2.28. The van der Waals surface area contributed by atoms with Crippen LogP contribution in [0.3, 0.4) is 0 Å². The van der Waals surface area contributed by atoms with Crippen molar-refractivity contribution in [1.82, 2.24) is 14.5 Å². The molecular formula is C20H32N4O5S. The van der Waals surface area contributed by atoms with E-state index in [2.05, 4.69) is 15.5 Å².